The highest BCUT2D eigenvalue weighted by Crippen LogP contribution is 2.24. The second kappa shape index (κ2) is 14.7. The molecule has 0 radical (unpaired) electrons. The van der Waals surface area contributed by atoms with Crippen molar-refractivity contribution in [2.45, 2.75) is 19.5 Å². The third-order valence-corrected chi connectivity index (χ3v) is 4.57. The largest absolute Gasteiger partial charge is 0.497 e. The highest BCUT2D eigenvalue weighted by Gasteiger charge is 2.06. The van der Waals surface area contributed by atoms with Gasteiger partial charge >= 0.3 is 0 Å². The number of guanidine groups is 1. The summed E-state index contributed by atoms with van der Waals surface area (Å²) in [5.41, 5.74) is 2.18. The molecule has 2 aromatic carbocycles. The lowest BCUT2D eigenvalue weighted by atomic mass is 10.2. The van der Waals surface area contributed by atoms with Crippen molar-refractivity contribution >= 4 is 29.9 Å². The number of nitrogens with zero attached hydrogens (tertiary/aromatic N) is 2. The lowest BCUT2D eigenvalue weighted by molar-refractivity contribution is 0.281. The van der Waals surface area contributed by atoms with Crippen LogP contribution in [0.1, 0.15) is 17.5 Å². The van der Waals surface area contributed by atoms with Crippen molar-refractivity contribution in [3.8, 4) is 17.2 Å². The average molecular weight is 542 g/mol. The van der Waals surface area contributed by atoms with Crippen LogP contribution in [0.5, 0.6) is 17.2 Å². The van der Waals surface area contributed by atoms with E-state index in [9.17, 15) is 0 Å². The van der Waals surface area contributed by atoms with Crippen molar-refractivity contribution in [3.63, 3.8) is 0 Å². The Kier molecular flexibility index (Phi) is 12.8. The molecule has 0 atom stereocenters. The van der Waals surface area contributed by atoms with Gasteiger partial charge in [0, 0.05) is 38.3 Å². The van der Waals surface area contributed by atoms with E-state index in [1.54, 1.807) is 21.3 Å². The van der Waals surface area contributed by atoms with E-state index in [1.165, 1.54) is 0 Å². The van der Waals surface area contributed by atoms with Gasteiger partial charge in [-0.15, -0.1) is 24.0 Å². The summed E-state index contributed by atoms with van der Waals surface area (Å²) in [5.74, 6) is 3.16. The van der Waals surface area contributed by atoms with Gasteiger partial charge in [0.15, 0.2) is 5.96 Å². The molecule has 0 heterocycles. The number of methoxy groups -OCH3 is 2. The molecule has 0 aliphatic carbocycles. The molecule has 2 rings (SSSR count). The van der Waals surface area contributed by atoms with Crippen molar-refractivity contribution < 1.29 is 14.2 Å². The first kappa shape index (κ1) is 26.8. The van der Waals surface area contributed by atoms with Gasteiger partial charge in [0.2, 0.25) is 0 Å². The van der Waals surface area contributed by atoms with E-state index < -0.39 is 0 Å². The van der Waals surface area contributed by atoms with Gasteiger partial charge in [0.25, 0.3) is 0 Å². The number of hydrogen-bond acceptors (Lipinski definition) is 5. The zero-order chi connectivity index (χ0) is 21.8. The Morgan fingerprint density at radius 3 is 2.23 bits per heavy atom. The fraction of sp³-hybridized carbons (Fsp3) is 0.435. The summed E-state index contributed by atoms with van der Waals surface area (Å²) in [7, 11) is 9.19. The minimum Gasteiger partial charge on any atom is -0.497 e. The molecule has 0 saturated heterocycles. The summed E-state index contributed by atoms with van der Waals surface area (Å²) in [6.07, 6.45) is 1.01. The number of aliphatic imine (C=N–C) groups is 1. The van der Waals surface area contributed by atoms with E-state index in [0.29, 0.717) is 13.1 Å². The maximum atomic E-state index is 5.78. The van der Waals surface area contributed by atoms with Gasteiger partial charge in [-0.2, -0.15) is 0 Å². The third kappa shape index (κ3) is 9.65. The molecule has 31 heavy (non-hydrogen) atoms. The molecular formula is C23H35IN4O3. The van der Waals surface area contributed by atoms with Gasteiger partial charge < -0.3 is 29.7 Å². The molecule has 0 saturated carbocycles. The van der Waals surface area contributed by atoms with Gasteiger partial charge in [0.05, 0.1) is 20.8 Å². The molecule has 2 aromatic rings. The Morgan fingerprint density at radius 2 is 1.61 bits per heavy atom. The predicted octanol–water partition coefficient (Wildman–Crippen LogP) is 3.52. The van der Waals surface area contributed by atoms with Gasteiger partial charge in [-0.25, -0.2) is 0 Å². The fourth-order valence-corrected chi connectivity index (χ4v) is 2.86. The normalized spacial score (nSPS) is 11.0. The molecule has 0 bridgehead atoms. The van der Waals surface area contributed by atoms with Gasteiger partial charge in [0.1, 0.15) is 17.2 Å². The molecule has 0 aliphatic rings. The highest BCUT2D eigenvalue weighted by molar-refractivity contribution is 14.0. The van der Waals surface area contributed by atoms with Crippen LogP contribution in [0.4, 0.5) is 0 Å². The molecule has 0 unspecified atom stereocenters. The van der Waals surface area contributed by atoms with E-state index in [0.717, 1.165) is 53.9 Å². The van der Waals surface area contributed by atoms with Crippen LogP contribution in [-0.2, 0) is 13.1 Å². The number of ether oxygens (including phenoxy) is 3. The number of halogens is 1. The number of nitrogens with one attached hydrogen (secondary N) is 2. The van der Waals surface area contributed by atoms with Crippen LogP contribution in [-0.4, -0.2) is 59.4 Å². The minimum absolute atomic E-state index is 0. The summed E-state index contributed by atoms with van der Waals surface area (Å²) in [5, 5.41) is 6.64. The van der Waals surface area contributed by atoms with Crippen molar-refractivity contribution in [2.24, 2.45) is 4.99 Å². The quantitative estimate of drug-likeness (QED) is 0.196. The van der Waals surface area contributed by atoms with Crippen LogP contribution in [0.2, 0.25) is 0 Å². The molecule has 0 aromatic heterocycles. The molecule has 0 spiro atoms. The molecule has 8 heteroatoms. The van der Waals surface area contributed by atoms with Gasteiger partial charge in [-0.3, -0.25) is 4.99 Å². The van der Waals surface area contributed by atoms with E-state index in [1.807, 2.05) is 30.3 Å². The van der Waals surface area contributed by atoms with Crippen molar-refractivity contribution in [1.82, 2.24) is 15.5 Å². The molecule has 0 fully saturated rings. The Balaban J connectivity index is 0.00000480. The van der Waals surface area contributed by atoms with Crippen LogP contribution in [0, 0.1) is 0 Å². The van der Waals surface area contributed by atoms with Crippen LogP contribution < -0.4 is 24.8 Å². The highest BCUT2D eigenvalue weighted by atomic mass is 127. The van der Waals surface area contributed by atoms with Crippen molar-refractivity contribution in [1.29, 1.82) is 0 Å². The smallest absolute Gasteiger partial charge is 0.191 e. The van der Waals surface area contributed by atoms with E-state index >= 15 is 0 Å². The van der Waals surface area contributed by atoms with Crippen LogP contribution >= 0.6 is 24.0 Å². The van der Waals surface area contributed by atoms with Gasteiger partial charge in [-0.1, -0.05) is 12.1 Å². The Morgan fingerprint density at radius 1 is 0.935 bits per heavy atom. The first-order chi connectivity index (χ1) is 14.5. The minimum atomic E-state index is 0. The van der Waals surface area contributed by atoms with Crippen LogP contribution in [0.25, 0.3) is 0 Å². The Labute approximate surface area is 203 Å². The Bertz CT molecular complexity index is 798. The van der Waals surface area contributed by atoms with E-state index in [-0.39, 0.29) is 24.0 Å². The molecule has 0 aliphatic heterocycles. The topological polar surface area (TPSA) is 67.4 Å². The number of hydrogen-bond donors (Lipinski definition) is 2. The molecule has 2 N–H and O–H groups in total. The predicted molar refractivity (Wildman–Crippen MR) is 137 cm³/mol. The zero-order valence-corrected chi connectivity index (χ0v) is 21.4. The second-order valence-electron chi connectivity index (χ2n) is 7.11. The van der Waals surface area contributed by atoms with Crippen molar-refractivity contribution in [2.75, 3.05) is 48.5 Å². The standard InChI is InChI=1S/C23H34N4O3.HI/c1-24-23(26-17-19-9-12-21(28-4)15-22(19)29-5)25-16-18-7-10-20(11-8-18)30-14-6-13-27(2)3;/h7-12,15H,6,13-14,16-17H2,1-5H3,(H2,24,25,26);1H. The van der Waals surface area contributed by atoms with Crippen molar-refractivity contribution in [3.05, 3.63) is 53.6 Å². The summed E-state index contributed by atoms with van der Waals surface area (Å²) in [4.78, 5) is 6.45. The van der Waals surface area contributed by atoms with Crippen LogP contribution in [0.15, 0.2) is 47.5 Å². The molecular weight excluding hydrogens is 507 g/mol. The maximum absolute atomic E-state index is 5.78. The average Bonchev–Trinajstić information content (AvgIpc) is 2.77. The lowest BCUT2D eigenvalue weighted by Gasteiger charge is -2.15. The SMILES string of the molecule is CN=C(NCc1ccc(OCCCN(C)C)cc1)NCc1ccc(OC)cc1OC.I. The Hall–Kier alpha value is -2.20. The maximum Gasteiger partial charge on any atom is 0.191 e. The first-order valence-corrected chi connectivity index (χ1v) is 10.1. The molecule has 7 nitrogen and oxygen atoms in total. The summed E-state index contributed by atoms with van der Waals surface area (Å²) >= 11 is 0. The zero-order valence-electron chi connectivity index (χ0n) is 19.1. The third-order valence-electron chi connectivity index (χ3n) is 4.57. The monoisotopic (exact) mass is 542 g/mol. The summed E-state index contributed by atoms with van der Waals surface area (Å²) < 4.78 is 16.5. The second-order valence-corrected chi connectivity index (χ2v) is 7.11. The molecule has 0 amide bonds. The van der Waals surface area contributed by atoms with E-state index in [4.69, 9.17) is 14.2 Å². The first-order valence-electron chi connectivity index (χ1n) is 10.1. The van der Waals surface area contributed by atoms with Gasteiger partial charge in [-0.05, 0) is 50.3 Å². The van der Waals surface area contributed by atoms with Crippen LogP contribution in [0.3, 0.4) is 0 Å². The summed E-state index contributed by atoms with van der Waals surface area (Å²) in [6.45, 7) is 3.00. The number of benzene rings is 2. The number of rotatable bonds is 11. The molecule has 172 valence electrons. The fourth-order valence-electron chi connectivity index (χ4n) is 2.86. The lowest BCUT2D eigenvalue weighted by Crippen LogP contribution is -2.36. The van der Waals surface area contributed by atoms with E-state index in [2.05, 4.69) is 46.8 Å². The summed E-state index contributed by atoms with van der Waals surface area (Å²) in [6, 6.07) is 13.9.